The normalized spacial score (nSPS) is 14.6. The molecule has 0 fully saturated rings. The van der Waals surface area contributed by atoms with Crippen LogP contribution >= 0.6 is 0 Å². The van der Waals surface area contributed by atoms with Crippen molar-refractivity contribution in [1.82, 2.24) is 0 Å². The number of hydrogen-bond donors (Lipinski definition) is 0. The van der Waals surface area contributed by atoms with E-state index in [0.717, 1.165) is 35.4 Å². The second-order valence-electron chi connectivity index (χ2n) is 5.40. The number of aliphatic imine (C=N–C) groups is 2. The van der Waals surface area contributed by atoms with Gasteiger partial charge in [0.2, 0.25) is 0 Å². The van der Waals surface area contributed by atoms with Gasteiger partial charge in [-0.3, -0.25) is 9.98 Å². The molecule has 0 bridgehead atoms. The predicted octanol–water partition coefficient (Wildman–Crippen LogP) is 5.43. The van der Waals surface area contributed by atoms with Crippen molar-refractivity contribution < 1.29 is 21.1 Å². The standard InChI is InChI=1S/C17H28N2.CH3.Pt/c1-12(2)14(5)9-16(7)18-11-19-17(8)10-15(6)13(3)4;;/h1,3,9-11H2,2,4-8H3;1H3;/q-2;-1;. The molecule has 0 saturated carbocycles. The maximum Gasteiger partial charge on any atom is 0.129 e. The molecule has 0 amide bonds. The molecule has 0 aliphatic rings. The van der Waals surface area contributed by atoms with E-state index in [4.69, 9.17) is 0 Å². The Balaban J connectivity index is -0.00000162. The van der Waals surface area contributed by atoms with Gasteiger partial charge >= 0.3 is 0 Å². The van der Waals surface area contributed by atoms with Gasteiger partial charge in [0.05, 0.1) is 0 Å². The maximum absolute atomic E-state index is 4.47. The van der Waals surface area contributed by atoms with Gasteiger partial charge in [0.1, 0.15) is 6.67 Å². The van der Waals surface area contributed by atoms with E-state index < -0.39 is 0 Å². The Bertz CT molecular complexity index is 378. The summed E-state index contributed by atoms with van der Waals surface area (Å²) in [6.45, 7) is 20.7. The summed E-state index contributed by atoms with van der Waals surface area (Å²) in [6, 6.07) is 0. The van der Waals surface area contributed by atoms with E-state index in [1.165, 1.54) is 11.1 Å². The molecule has 21 heavy (non-hydrogen) atoms. The molecule has 0 N–H and O–H groups in total. The molecule has 0 heterocycles. The minimum absolute atomic E-state index is 0. The number of hydrogen-bond acceptors (Lipinski definition) is 2. The summed E-state index contributed by atoms with van der Waals surface area (Å²) in [6.07, 6.45) is 1.78. The summed E-state index contributed by atoms with van der Waals surface area (Å²) in [7, 11) is 0. The Morgan fingerprint density at radius 3 is 1.24 bits per heavy atom. The number of rotatable bonds is 6. The SMILES string of the molecule is [CH2-]C(C)=C(C)CC(C)=NCN=C(C)CC(C)=C([CH2-])C.[CH3-].[Pt]. The van der Waals surface area contributed by atoms with Crippen LogP contribution in [-0.2, 0) is 21.1 Å². The molecule has 0 aromatic heterocycles. The summed E-state index contributed by atoms with van der Waals surface area (Å²) >= 11 is 0. The fourth-order valence-electron chi connectivity index (χ4n) is 1.46. The Morgan fingerprint density at radius 2 is 1.00 bits per heavy atom. The van der Waals surface area contributed by atoms with E-state index >= 15 is 0 Å². The second kappa shape index (κ2) is 12.9. The summed E-state index contributed by atoms with van der Waals surface area (Å²) < 4.78 is 0. The van der Waals surface area contributed by atoms with Crippen molar-refractivity contribution in [2.75, 3.05) is 6.67 Å². The van der Waals surface area contributed by atoms with Crippen LogP contribution < -0.4 is 0 Å². The van der Waals surface area contributed by atoms with Crippen molar-refractivity contribution in [3.05, 3.63) is 43.6 Å². The van der Waals surface area contributed by atoms with Crippen molar-refractivity contribution >= 4 is 11.4 Å². The summed E-state index contributed by atoms with van der Waals surface area (Å²) in [5, 5.41) is 0. The van der Waals surface area contributed by atoms with Gasteiger partial charge in [-0.05, 0) is 25.3 Å². The smallest absolute Gasteiger partial charge is 0.129 e. The predicted molar refractivity (Wildman–Crippen MR) is 94.2 cm³/mol. The molecule has 0 radical (unpaired) electrons. The molecule has 0 atom stereocenters. The largest absolute Gasteiger partial charge is 0.358 e. The molecule has 0 saturated heterocycles. The first kappa shape index (κ1) is 25.2. The van der Waals surface area contributed by atoms with Gasteiger partial charge in [-0.15, -0.1) is 13.8 Å². The van der Waals surface area contributed by atoms with Gasteiger partial charge in [-0.25, -0.2) is 36.1 Å². The molecular weight excluding hydrogens is 439 g/mol. The zero-order valence-electron chi connectivity index (χ0n) is 14.7. The Kier molecular flexibility index (Phi) is 15.5. The monoisotopic (exact) mass is 470 g/mol. The molecule has 3 heteroatoms. The zero-order valence-corrected chi connectivity index (χ0v) is 17.0. The first-order valence-corrected chi connectivity index (χ1v) is 6.70. The van der Waals surface area contributed by atoms with Crippen LogP contribution in [0.1, 0.15) is 54.4 Å². The van der Waals surface area contributed by atoms with Gasteiger partial charge in [-0.1, -0.05) is 26.7 Å². The molecule has 0 aliphatic carbocycles. The van der Waals surface area contributed by atoms with Gasteiger partial charge in [0.15, 0.2) is 0 Å². The maximum atomic E-state index is 4.47. The van der Waals surface area contributed by atoms with Gasteiger partial charge in [-0.2, -0.15) is 0 Å². The molecule has 0 aromatic carbocycles. The molecule has 0 aliphatic heterocycles. The fraction of sp³-hybridized carbons (Fsp3) is 0.500. The van der Waals surface area contributed by atoms with Crippen molar-refractivity contribution in [3.63, 3.8) is 0 Å². The van der Waals surface area contributed by atoms with Gasteiger partial charge < -0.3 is 7.43 Å². The van der Waals surface area contributed by atoms with Crippen LogP contribution in [0.15, 0.2) is 32.3 Å². The van der Waals surface area contributed by atoms with E-state index in [1.807, 2.05) is 27.7 Å². The Morgan fingerprint density at radius 1 is 0.714 bits per heavy atom. The first-order chi connectivity index (χ1) is 8.73. The summed E-state index contributed by atoms with van der Waals surface area (Å²) in [5.74, 6) is 0. The minimum atomic E-state index is 0. The van der Waals surface area contributed by atoms with Crippen LogP contribution in [0.2, 0.25) is 0 Å². The average Bonchev–Trinajstić information content (AvgIpc) is 2.28. The topological polar surface area (TPSA) is 24.7 Å². The van der Waals surface area contributed by atoms with E-state index in [1.54, 1.807) is 0 Å². The third kappa shape index (κ3) is 12.7. The third-order valence-electron chi connectivity index (χ3n) is 3.18. The molecule has 0 spiro atoms. The number of nitrogens with zero attached hydrogens (tertiary/aromatic N) is 2. The quantitative estimate of drug-likeness (QED) is 0.365. The van der Waals surface area contributed by atoms with Crippen LogP contribution in [0, 0.1) is 21.3 Å². The second-order valence-corrected chi connectivity index (χ2v) is 5.40. The van der Waals surface area contributed by atoms with Crippen LogP contribution in [-0.4, -0.2) is 18.1 Å². The Hall–Kier alpha value is -0.752. The zero-order chi connectivity index (χ0) is 15.0. The Labute approximate surface area is 147 Å². The minimum Gasteiger partial charge on any atom is -0.358 e. The molecule has 126 valence electrons. The third-order valence-corrected chi connectivity index (χ3v) is 3.18. The number of allylic oxidation sites excluding steroid dienone is 4. The van der Waals surface area contributed by atoms with Gasteiger partial charge in [0.25, 0.3) is 0 Å². The molecular formula is C18H31N2Pt-3. The van der Waals surface area contributed by atoms with E-state index in [2.05, 4.69) is 37.7 Å². The van der Waals surface area contributed by atoms with Crippen LogP contribution in [0.3, 0.4) is 0 Å². The summed E-state index contributed by atoms with van der Waals surface area (Å²) in [4.78, 5) is 8.95. The van der Waals surface area contributed by atoms with Crippen LogP contribution in [0.4, 0.5) is 0 Å². The van der Waals surface area contributed by atoms with Crippen LogP contribution in [0.25, 0.3) is 0 Å². The molecule has 2 nitrogen and oxygen atoms in total. The first-order valence-electron chi connectivity index (χ1n) is 6.70. The van der Waals surface area contributed by atoms with Crippen LogP contribution in [0.5, 0.6) is 0 Å². The van der Waals surface area contributed by atoms with Crippen molar-refractivity contribution in [3.8, 4) is 0 Å². The van der Waals surface area contributed by atoms with E-state index in [-0.39, 0.29) is 28.5 Å². The fourth-order valence-corrected chi connectivity index (χ4v) is 1.46. The molecule has 0 aromatic rings. The van der Waals surface area contributed by atoms with Crippen molar-refractivity contribution in [2.45, 2.75) is 54.4 Å². The van der Waals surface area contributed by atoms with Gasteiger partial charge in [0, 0.05) is 21.1 Å². The molecule has 0 rings (SSSR count). The summed E-state index contributed by atoms with van der Waals surface area (Å²) in [5.41, 5.74) is 7.04. The van der Waals surface area contributed by atoms with Crippen molar-refractivity contribution in [1.29, 1.82) is 0 Å². The van der Waals surface area contributed by atoms with E-state index in [9.17, 15) is 0 Å². The van der Waals surface area contributed by atoms with Crippen molar-refractivity contribution in [2.24, 2.45) is 9.98 Å². The molecule has 0 unspecified atom stereocenters. The van der Waals surface area contributed by atoms with E-state index in [0.29, 0.717) is 6.67 Å². The average molecular weight is 471 g/mol.